The number of nitrogens with zero attached hydrogens (tertiary/aromatic N) is 2. The lowest BCUT2D eigenvalue weighted by Crippen LogP contribution is -2.39. The Morgan fingerprint density at radius 2 is 1.46 bits per heavy atom. The van der Waals surface area contributed by atoms with E-state index in [1.54, 1.807) is 4.90 Å². The van der Waals surface area contributed by atoms with Gasteiger partial charge in [-0.2, -0.15) is 5.10 Å². The van der Waals surface area contributed by atoms with Crippen LogP contribution < -0.4 is 5.43 Å². The van der Waals surface area contributed by atoms with Crippen molar-refractivity contribution in [3.63, 3.8) is 0 Å². The van der Waals surface area contributed by atoms with Gasteiger partial charge in [0.15, 0.2) is 0 Å². The first-order valence-corrected chi connectivity index (χ1v) is 7.95. The molecular formula is C19H19N3O2. The van der Waals surface area contributed by atoms with Crippen LogP contribution >= 0.6 is 0 Å². The molecule has 24 heavy (non-hydrogen) atoms. The Labute approximate surface area is 141 Å². The Morgan fingerprint density at radius 1 is 0.917 bits per heavy atom. The second-order valence-electron chi connectivity index (χ2n) is 5.73. The van der Waals surface area contributed by atoms with Crippen molar-refractivity contribution in [3.05, 3.63) is 71.8 Å². The summed E-state index contributed by atoms with van der Waals surface area (Å²) in [6.45, 7) is 1.00. The van der Waals surface area contributed by atoms with E-state index in [-0.39, 0.29) is 11.8 Å². The fourth-order valence-corrected chi connectivity index (χ4v) is 2.62. The molecule has 0 saturated heterocycles. The molecule has 2 amide bonds. The average Bonchev–Trinajstić information content (AvgIpc) is 2.63. The Bertz CT molecular complexity index is 700. The van der Waals surface area contributed by atoms with Crippen molar-refractivity contribution in [1.29, 1.82) is 0 Å². The van der Waals surface area contributed by atoms with E-state index >= 15 is 0 Å². The van der Waals surface area contributed by atoms with Crippen LogP contribution in [0.25, 0.3) is 0 Å². The molecule has 5 nitrogen and oxygen atoms in total. The van der Waals surface area contributed by atoms with E-state index in [1.165, 1.54) is 0 Å². The first kappa shape index (κ1) is 15.9. The number of carbonyl (C=O) groups is 2. The minimum absolute atomic E-state index is 0.136. The van der Waals surface area contributed by atoms with Gasteiger partial charge in [0, 0.05) is 25.9 Å². The van der Waals surface area contributed by atoms with Crippen molar-refractivity contribution < 1.29 is 9.59 Å². The molecule has 0 atom stereocenters. The van der Waals surface area contributed by atoms with Crippen molar-refractivity contribution in [2.24, 2.45) is 5.10 Å². The molecule has 0 saturated carbocycles. The molecule has 0 aliphatic carbocycles. The van der Waals surface area contributed by atoms with Crippen molar-refractivity contribution in [1.82, 2.24) is 10.3 Å². The highest BCUT2D eigenvalue weighted by Gasteiger charge is 2.23. The van der Waals surface area contributed by atoms with Crippen LogP contribution in [0.15, 0.2) is 65.8 Å². The van der Waals surface area contributed by atoms with Crippen molar-refractivity contribution >= 4 is 17.5 Å². The second kappa shape index (κ2) is 7.55. The van der Waals surface area contributed by atoms with Crippen LogP contribution in [0.5, 0.6) is 0 Å². The Hall–Kier alpha value is -2.95. The second-order valence-corrected chi connectivity index (χ2v) is 5.73. The molecule has 122 valence electrons. The van der Waals surface area contributed by atoms with Gasteiger partial charge >= 0.3 is 0 Å². The van der Waals surface area contributed by atoms with E-state index in [0.717, 1.165) is 11.1 Å². The lowest BCUT2D eigenvalue weighted by molar-refractivity contribution is -0.125. The van der Waals surface area contributed by atoms with E-state index in [4.69, 9.17) is 0 Å². The first-order valence-electron chi connectivity index (χ1n) is 7.95. The number of nitrogens with one attached hydrogen (secondary N) is 1. The van der Waals surface area contributed by atoms with Gasteiger partial charge in [0.2, 0.25) is 5.91 Å². The first-order chi connectivity index (χ1) is 11.7. The number of hydrazone groups is 1. The SMILES string of the molecule is O=C1CCC(C(=O)N(Cc2ccccc2)Cc2ccccc2)=NN1. The van der Waals surface area contributed by atoms with Gasteiger partial charge in [-0.05, 0) is 11.1 Å². The summed E-state index contributed by atoms with van der Waals surface area (Å²) < 4.78 is 0. The lowest BCUT2D eigenvalue weighted by atomic mass is 10.1. The van der Waals surface area contributed by atoms with Gasteiger partial charge in [0.25, 0.3) is 5.91 Å². The third kappa shape index (κ3) is 4.07. The fourth-order valence-electron chi connectivity index (χ4n) is 2.62. The van der Waals surface area contributed by atoms with E-state index in [2.05, 4.69) is 10.5 Å². The van der Waals surface area contributed by atoms with E-state index < -0.39 is 0 Å². The maximum absolute atomic E-state index is 12.9. The van der Waals surface area contributed by atoms with E-state index in [0.29, 0.717) is 31.6 Å². The number of carbonyl (C=O) groups excluding carboxylic acids is 2. The van der Waals surface area contributed by atoms with E-state index in [1.807, 2.05) is 60.7 Å². The standard InChI is InChI=1S/C19H19N3O2/c23-18-12-11-17(20-21-18)19(24)22(13-15-7-3-1-4-8-15)14-16-9-5-2-6-10-16/h1-10H,11-14H2,(H,21,23). The highest BCUT2D eigenvalue weighted by molar-refractivity contribution is 6.39. The topological polar surface area (TPSA) is 61.8 Å². The lowest BCUT2D eigenvalue weighted by Gasteiger charge is -2.24. The summed E-state index contributed by atoms with van der Waals surface area (Å²) in [4.78, 5) is 25.9. The molecule has 2 aromatic rings. The predicted octanol–water partition coefficient (Wildman–Crippen LogP) is 2.48. The van der Waals surface area contributed by atoms with E-state index in [9.17, 15) is 9.59 Å². The molecule has 1 heterocycles. The Morgan fingerprint density at radius 3 is 1.92 bits per heavy atom. The van der Waals surface area contributed by atoms with Gasteiger partial charge in [0.1, 0.15) is 5.71 Å². The number of hydrogen-bond donors (Lipinski definition) is 1. The minimum atomic E-state index is -0.149. The summed E-state index contributed by atoms with van der Waals surface area (Å²) in [5.74, 6) is -0.285. The molecule has 0 aromatic heterocycles. The van der Waals surface area contributed by atoms with Crippen molar-refractivity contribution in [2.45, 2.75) is 25.9 Å². The summed E-state index contributed by atoms with van der Waals surface area (Å²) in [7, 11) is 0. The molecule has 1 N–H and O–H groups in total. The molecule has 5 heteroatoms. The van der Waals surface area contributed by atoms with Crippen molar-refractivity contribution in [3.8, 4) is 0 Å². The zero-order valence-corrected chi connectivity index (χ0v) is 13.3. The fraction of sp³-hybridized carbons (Fsp3) is 0.211. The number of benzene rings is 2. The van der Waals surface area contributed by atoms with Gasteiger partial charge in [0.05, 0.1) is 0 Å². The summed E-state index contributed by atoms with van der Waals surface area (Å²) in [6.07, 6.45) is 0.680. The van der Waals surface area contributed by atoms with Crippen LogP contribution in [-0.2, 0) is 22.7 Å². The highest BCUT2D eigenvalue weighted by Crippen LogP contribution is 2.13. The van der Waals surface area contributed by atoms with Crippen LogP contribution in [0.1, 0.15) is 24.0 Å². The van der Waals surface area contributed by atoms with Crippen LogP contribution in [-0.4, -0.2) is 22.4 Å². The van der Waals surface area contributed by atoms with Gasteiger partial charge in [-0.25, -0.2) is 5.43 Å². The highest BCUT2D eigenvalue weighted by atomic mass is 16.2. The zero-order chi connectivity index (χ0) is 16.8. The maximum atomic E-state index is 12.9. The predicted molar refractivity (Wildman–Crippen MR) is 91.9 cm³/mol. The largest absolute Gasteiger partial charge is 0.329 e. The number of hydrogen-bond acceptors (Lipinski definition) is 3. The Balaban J connectivity index is 1.81. The monoisotopic (exact) mass is 321 g/mol. The van der Waals surface area contributed by atoms with Crippen LogP contribution in [0.4, 0.5) is 0 Å². The summed E-state index contributed by atoms with van der Waals surface area (Å²) >= 11 is 0. The molecule has 1 aliphatic rings. The van der Waals surface area contributed by atoms with Crippen molar-refractivity contribution in [2.75, 3.05) is 0 Å². The molecule has 2 aromatic carbocycles. The molecule has 0 radical (unpaired) electrons. The van der Waals surface area contributed by atoms with Gasteiger partial charge in [-0.3, -0.25) is 9.59 Å². The molecule has 3 rings (SSSR count). The molecular weight excluding hydrogens is 302 g/mol. The van der Waals surface area contributed by atoms with Crippen LogP contribution in [0.3, 0.4) is 0 Å². The quantitative estimate of drug-likeness (QED) is 0.919. The molecule has 0 bridgehead atoms. The molecule has 0 spiro atoms. The van der Waals surface area contributed by atoms with Gasteiger partial charge in [-0.15, -0.1) is 0 Å². The summed E-state index contributed by atoms with van der Waals surface area (Å²) in [6, 6.07) is 19.7. The number of rotatable bonds is 5. The molecule has 0 unspecified atom stereocenters. The van der Waals surface area contributed by atoms with Crippen LogP contribution in [0, 0.1) is 0 Å². The van der Waals surface area contributed by atoms with Crippen LogP contribution in [0.2, 0.25) is 0 Å². The third-order valence-electron chi connectivity index (χ3n) is 3.87. The number of amides is 2. The molecule has 0 fully saturated rings. The average molecular weight is 321 g/mol. The van der Waals surface area contributed by atoms with Gasteiger partial charge < -0.3 is 4.90 Å². The zero-order valence-electron chi connectivity index (χ0n) is 13.3. The maximum Gasteiger partial charge on any atom is 0.270 e. The smallest absolute Gasteiger partial charge is 0.270 e. The molecule has 1 aliphatic heterocycles. The normalized spacial score (nSPS) is 13.8. The third-order valence-corrected chi connectivity index (χ3v) is 3.87. The summed E-state index contributed by atoms with van der Waals surface area (Å²) in [5.41, 5.74) is 4.92. The van der Waals surface area contributed by atoms with Gasteiger partial charge in [-0.1, -0.05) is 60.7 Å². The Kier molecular flexibility index (Phi) is 5.01. The minimum Gasteiger partial charge on any atom is -0.329 e. The summed E-state index contributed by atoms with van der Waals surface area (Å²) in [5, 5.41) is 3.94.